The van der Waals surface area contributed by atoms with Crippen molar-refractivity contribution in [2.24, 2.45) is 23.7 Å². The number of rotatable bonds is 6. The van der Waals surface area contributed by atoms with Crippen molar-refractivity contribution in [3.8, 4) is 5.69 Å². The van der Waals surface area contributed by atoms with Gasteiger partial charge in [-0.3, -0.25) is 10.1 Å². The average molecular weight is 460 g/mol. The summed E-state index contributed by atoms with van der Waals surface area (Å²) in [6, 6.07) is 8.02. The molecule has 0 radical (unpaired) electrons. The van der Waals surface area contributed by atoms with Gasteiger partial charge in [0.1, 0.15) is 0 Å². The Bertz CT molecular complexity index is 869. The third-order valence-electron chi connectivity index (χ3n) is 7.17. The van der Waals surface area contributed by atoms with E-state index in [1.165, 1.54) is 32.1 Å². The Balaban J connectivity index is 1.56. The van der Waals surface area contributed by atoms with Crippen LogP contribution in [0.5, 0.6) is 0 Å². The average Bonchev–Trinajstić information content (AvgIpc) is 3.18. The number of ether oxygens (including phenoxy) is 1. The summed E-state index contributed by atoms with van der Waals surface area (Å²) in [4.78, 5) is 12.2. The molecule has 1 N–H and O–H groups in total. The molecule has 0 saturated heterocycles. The van der Waals surface area contributed by atoms with Gasteiger partial charge >= 0.3 is 5.97 Å². The Labute approximate surface area is 178 Å². The number of tetrazole rings is 1. The predicted octanol–water partition coefficient (Wildman–Crippen LogP) is 3.23. The minimum atomic E-state index is -0.392. The van der Waals surface area contributed by atoms with Crippen LogP contribution in [0.1, 0.15) is 44.9 Å². The number of nitrogens with zero attached hydrogens (tertiary/aromatic N) is 4. The van der Waals surface area contributed by atoms with E-state index < -0.39 is 5.54 Å². The number of carbonyl (C=O) groups is 1. The molecule has 154 valence electrons. The molecule has 4 aliphatic carbocycles. The number of halogens is 1. The summed E-state index contributed by atoms with van der Waals surface area (Å²) in [7, 11) is 0. The van der Waals surface area contributed by atoms with Crippen molar-refractivity contribution in [2.75, 3.05) is 13.2 Å². The molecule has 1 heterocycles. The first-order chi connectivity index (χ1) is 14.1. The Kier molecular flexibility index (Phi) is 4.94. The van der Waals surface area contributed by atoms with E-state index >= 15 is 0 Å². The molecule has 8 heteroatoms. The topological polar surface area (TPSA) is 81.9 Å². The quantitative estimate of drug-likeness (QED) is 0.667. The van der Waals surface area contributed by atoms with E-state index in [1.807, 2.05) is 35.9 Å². The molecule has 0 spiro atoms. The number of benzene rings is 1. The van der Waals surface area contributed by atoms with Gasteiger partial charge in [-0.25, -0.2) is 0 Å². The second kappa shape index (κ2) is 7.47. The highest BCUT2D eigenvalue weighted by atomic mass is 79.9. The maximum absolute atomic E-state index is 12.2. The lowest BCUT2D eigenvalue weighted by atomic mass is 9.48. The van der Waals surface area contributed by atoms with Gasteiger partial charge in [-0.05, 0) is 97.4 Å². The van der Waals surface area contributed by atoms with Crippen LogP contribution >= 0.6 is 15.9 Å². The molecular weight excluding hydrogens is 434 g/mol. The van der Waals surface area contributed by atoms with Gasteiger partial charge in [-0.1, -0.05) is 15.9 Å². The van der Waals surface area contributed by atoms with Gasteiger partial charge in [0.15, 0.2) is 5.82 Å². The van der Waals surface area contributed by atoms with Crippen molar-refractivity contribution < 1.29 is 9.53 Å². The SMILES string of the molecule is CCOC(=O)CNC1(c2nnnn2-c2ccc(Br)cc2)C2CC3CC(C2)CC1C3. The van der Waals surface area contributed by atoms with E-state index in [-0.39, 0.29) is 12.5 Å². The fourth-order valence-electron chi connectivity index (χ4n) is 6.29. The van der Waals surface area contributed by atoms with Crippen LogP contribution in [0.4, 0.5) is 0 Å². The highest BCUT2D eigenvalue weighted by Gasteiger charge is 2.60. The number of esters is 1. The molecule has 0 unspecified atom stereocenters. The monoisotopic (exact) mass is 459 g/mol. The first-order valence-corrected chi connectivity index (χ1v) is 11.3. The summed E-state index contributed by atoms with van der Waals surface area (Å²) in [6.07, 6.45) is 6.07. The molecule has 29 heavy (non-hydrogen) atoms. The van der Waals surface area contributed by atoms with Crippen molar-refractivity contribution in [2.45, 2.75) is 44.6 Å². The van der Waals surface area contributed by atoms with Crippen molar-refractivity contribution in [1.29, 1.82) is 0 Å². The molecule has 1 aromatic carbocycles. The minimum absolute atomic E-state index is 0.184. The van der Waals surface area contributed by atoms with E-state index in [1.54, 1.807) is 0 Å². The Morgan fingerprint density at radius 2 is 1.83 bits per heavy atom. The lowest BCUT2D eigenvalue weighted by molar-refractivity contribution is -0.144. The van der Waals surface area contributed by atoms with Gasteiger partial charge in [0.05, 0.1) is 24.4 Å². The summed E-state index contributed by atoms with van der Waals surface area (Å²) in [5.41, 5.74) is 0.538. The zero-order valence-electron chi connectivity index (χ0n) is 16.6. The van der Waals surface area contributed by atoms with Crippen LogP contribution in [0.25, 0.3) is 5.69 Å². The summed E-state index contributed by atoms with van der Waals surface area (Å²) in [6.45, 7) is 2.41. The van der Waals surface area contributed by atoms with E-state index in [9.17, 15) is 4.79 Å². The summed E-state index contributed by atoms with van der Waals surface area (Å²) in [5.74, 6) is 3.09. The van der Waals surface area contributed by atoms with Crippen LogP contribution < -0.4 is 5.32 Å². The molecule has 4 bridgehead atoms. The first-order valence-electron chi connectivity index (χ1n) is 10.6. The van der Waals surface area contributed by atoms with Crippen LogP contribution in [0.15, 0.2) is 28.7 Å². The zero-order chi connectivity index (χ0) is 20.0. The maximum atomic E-state index is 12.2. The molecule has 4 aliphatic rings. The summed E-state index contributed by atoms with van der Waals surface area (Å²) < 4.78 is 8.08. The van der Waals surface area contributed by atoms with E-state index in [4.69, 9.17) is 4.74 Å². The van der Waals surface area contributed by atoms with Crippen LogP contribution in [0.3, 0.4) is 0 Å². The normalized spacial score (nSPS) is 32.5. The standard InChI is InChI=1S/C21H26BrN5O2/c1-2-29-19(28)12-23-21(15-8-13-7-14(10-15)11-16(21)9-13)20-24-25-26-27(20)18-5-3-17(22)4-6-18/h3-6,13-16,23H,2,7-12H2,1H3. The van der Waals surface area contributed by atoms with Gasteiger partial charge in [0, 0.05) is 4.47 Å². The predicted molar refractivity (Wildman–Crippen MR) is 110 cm³/mol. The van der Waals surface area contributed by atoms with Gasteiger partial charge in [0.2, 0.25) is 0 Å². The van der Waals surface area contributed by atoms with Crippen LogP contribution in [-0.2, 0) is 15.1 Å². The largest absolute Gasteiger partial charge is 0.465 e. The Morgan fingerprint density at radius 1 is 1.17 bits per heavy atom. The molecule has 4 fully saturated rings. The molecule has 0 atom stereocenters. The second-order valence-corrected chi connectivity index (χ2v) is 9.64. The fraction of sp³-hybridized carbons (Fsp3) is 0.619. The van der Waals surface area contributed by atoms with E-state index in [2.05, 4.69) is 36.8 Å². The number of aromatic nitrogens is 4. The molecule has 0 aliphatic heterocycles. The Morgan fingerprint density at radius 3 is 2.45 bits per heavy atom. The molecule has 4 saturated carbocycles. The maximum Gasteiger partial charge on any atom is 0.319 e. The van der Waals surface area contributed by atoms with Crippen LogP contribution in [0, 0.1) is 23.7 Å². The number of hydrogen-bond acceptors (Lipinski definition) is 6. The van der Waals surface area contributed by atoms with Crippen molar-refractivity contribution in [3.05, 3.63) is 34.6 Å². The Hall–Kier alpha value is -1.80. The van der Waals surface area contributed by atoms with Gasteiger partial charge in [-0.15, -0.1) is 5.10 Å². The third kappa shape index (κ3) is 3.20. The number of carbonyl (C=O) groups excluding carboxylic acids is 1. The lowest BCUT2D eigenvalue weighted by Crippen LogP contribution is -2.64. The smallest absolute Gasteiger partial charge is 0.319 e. The number of hydrogen-bond donors (Lipinski definition) is 1. The molecule has 0 amide bonds. The first kappa shape index (κ1) is 19.2. The molecule has 7 nitrogen and oxygen atoms in total. The number of nitrogens with one attached hydrogen (secondary N) is 1. The van der Waals surface area contributed by atoms with Crippen molar-refractivity contribution in [1.82, 2.24) is 25.5 Å². The molecular formula is C21H26BrN5O2. The lowest BCUT2D eigenvalue weighted by Gasteiger charge is -2.60. The molecule has 6 rings (SSSR count). The zero-order valence-corrected chi connectivity index (χ0v) is 18.1. The van der Waals surface area contributed by atoms with Gasteiger partial charge in [0.25, 0.3) is 0 Å². The van der Waals surface area contributed by atoms with Gasteiger partial charge < -0.3 is 4.74 Å². The molecule has 2 aromatic rings. The third-order valence-corrected chi connectivity index (χ3v) is 7.70. The van der Waals surface area contributed by atoms with E-state index in [0.717, 1.165) is 27.8 Å². The molecule has 1 aromatic heterocycles. The summed E-state index contributed by atoms with van der Waals surface area (Å²) >= 11 is 3.50. The van der Waals surface area contributed by atoms with E-state index in [0.29, 0.717) is 18.4 Å². The van der Waals surface area contributed by atoms with Crippen LogP contribution in [-0.4, -0.2) is 39.3 Å². The van der Waals surface area contributed by atoms with Crippen LogP contribution in [0.2, 0.25) is 0 Å². The summed E-state index contributed by atoms with van der Waals surface area (Å²) in [5, 5.41) is 16.6. The second-order valence-electron chi connectivity index (χ2n) is 8.72. The van der Waals surface area contributed by atoms with Crippen molar-refractivity contribution >= 4 is 21.9 Å². The van der Waals surface area contributed by atoms with Gasteiger partial charge in [-0.2, -0.15) is 4.68 Å². The fourth-order valence-corrected chi connectivity index (χ4v) is 6.56. The highest BCUT2D eigenvalue weighted by Crippen LogP contribution is 2.61. The van der Waals surface area contributed by atoms with Crippen molar-refractivity contribution in [3.63, 3.8) is 0 Å². The highest BCUT2D eigenvalue weighted by molar-refractivity contribution is 9.10. The minimum Gasteiger partial charge on any atom is -0.465 e.